The van der Waals surface area contributed by atoms with Crippen LogP contribution < -0.4 is 5.56 Å². The van der Waals surface area contributed by atoms with Crippen LogP contribution in [0.3, 0.4) is 0 Å². The first kappa shape index (κ1) is 16.7. The number of aromatic nitrogens is 1. The summed E-state index contributed by atoms with van der Waals surface area (Å²) in [5.41, 5.74) is 0.310. The molecule has 0 spiro atoms. The van der Waals surface area contributed by atoms with E-state index in [4.69, 9.17) is 0 Å². The van der Waals surface area contributed by atoms with Crippen LogP contribution in [0.5, 0.6) is 0 Å². The van der Waals surface area contributed by atoms with Gasteiger partial charge in [-0.05, 0) is 30.0 Å². The molecule has 4 nitrogen and oxygen atoms in total. The molecule has 0 saturated carbocycles. The van der Waals surface area contributed by atoms with E-state index < -0.39 is 11.5 Å². The number of rotatable bonds is 6. The van der Waals surface area contributed by atoms with E-state index in [9.17, 15) is 14.7 Å². The third kappa shape index (κ3) is 3.42. The minimum absolute atomic E-state index is 0.300. The molecule has 2 aromatic rings. The van der Waals surface area contributed by atoms with Crippen molar-refractivity contribution in [2.45, 2.75) is 32.2 Å². The van der Waals surface area contributed by atoms with Gasteiger partial charge in [0.1, 0.15) is 5.54 Å². The van der Waals surface area contributed by atoms with Crippen LogP contribution in [-0.4, -0.2) is 15.6 Å². The fraction of sp³-hybridized carbons (Fsp3) is 0.263. The Morgan fingerprint density at radius 3 is 2.22 bits per heavy atom. The molecular formula is C19H21NO3. The van der Waals surface area contributed by atoms with Crippen molar-refractivity contribution >= 4 is 18.1 Å². The summed E-state index contributed by atoms with van der Waals surface area (Å²) in [6.45, 7) is 3.57. The summed E-state index contributed by atoms with van der Waals surface area (Å²) in [5.74, 6) is -0.975. The first-order chi connectivity index (χ1) is 11.0. The molecule has 0 aliphatic carbocycles. The fourth-order valence-electron chi connectivity index (χ4n) is 2.70. The zero-order chi connectivity index (χ0) is 16.9. The van der Waals surface area contributed by atoms with E-state index in [1.807, 2.05) is 42.5 Å². The normalized spacial score (nSPS) is 11.7. The van der Waals surface area contributed by atoms with Crippen molar-refractivity contribution in [3.63, 3.8) is 0 Å². The van der Waals surface area contributed by atoms with Crippen LogP contribution in [0.25, 0.3) is 12.2 Å². The minimum Gasteiger partial charge on any atom is -0.479 e. The van der Waals surface area contributed by atoms with Gasteiger partial charge < -0.3 is 5.11 Å². The third-order valence-electron chi connectivity index (χ3n) is 4.24. The maximum Gasteiger partial charge on any atom is 0.329 e. The number of carbonyl (C=O) groups is 1. The van der Waals surface area contributed by atoms with Crippen molar-refractivity contribution in [3.05, 3.63) is 70.1 Å². The van der Waals surface area contributed by atoms with E-state index in [0.717, 1.165) is 11.1 Å². The van der Waals surface area contributed by atoms with E-state index in [1.165, 1.54) is 10.6 Å². The van der Waals surface area contributed by atoms with Gasteiger partial charge in [-0.1, -0.05) is 56.3 Å². The van der Waals surface area contributed by atoms with Crippen molar-refractivity contribution in [2.75, 3.05) is 0 Å². The predicted octanol–water partition coefficient (Wildman–Crippen LogP) is 3.62. The summed E-state index contributed by atoms with van der Waals surface area (Å²) in [6, 6.07) is 13.0. The summed E-state index contributed by atoms with van der Waals surface area (Å²) in [4.78, 5) is 24.0. The topological polar surface area (TPSA) is 59.3 Å². The largest absolute Gasteiger partial charge is 0.479 e. The molecule has 4 heteroatoms. The highest BCUT2D eigenvalue weighted by Crippen LogP contribution is 2.24. The molecule has 1 N–H and O–H groups in total. The quantitative estimate of drug-likeness (QED) is 0.886. The number of pyridine rings is 1. The van der Waals surface area contributed by atoms with Crippen molar-refractivity contribution in [1.29, 1.82) is 0 Å². The second-order valence-electron chi connectivity index (χ2n) is 5.46. The third-order valence-corrected chi connectivity index (χ3v) is 4.24. The number of carboxylic acids is 1. The van der Waals surface area contributed by atoms with Crippen molar-refractivity contribution in [1.82, 2.24) is 4.57 Å². The first-order valence-corrected chi connectivity index (χ1v) is 7.73. The minimum atomic E-state index is -1.18. The molecule has 0 fully saturated rings. The Balaban J connectivity index is 2.36. The SMILES string of the molecule is CCC(CC)(C(=O)O)n1ccc(/C=C/c2ccccc2)cc1=O. The van der Waals surface area contributed by atoms with Gasteiger partial charge in [-0.15, -0.1) is 0 Å². The lowest BCUT2D eigenvalue weighted by Gasteiger charge is -2.29. The van der Waals surface area contributed by atoms with Crippen LogP contribution in [0.2, 0.25) is 0 Å². The van der Waals surface area contributed by atoms with Crippen LogP contribution in [0.15, 0.2) is 53.5 Å². The molecule has 0 aliphatic rings. The molecule has 0 aliphatic heterocycles. The summed E-state index contributed by atoms with van der Waals surface area (Å²) >= 11 is 0. The zero-order valence-corrected chi connectivity index (χ0v) is 13.4. The fourth-order valence-corrected chi connectivity index (χ4v) is 2.70. The first-order valence-electron chi connectivity index (χ1n) is 7.73. The van der Waals surface area contributed by atoms with Crippen LogP contribution >= 0.6 is 0 Å². The second-order valence-corrected chi connectivity index (χ2v) is 5.46. The summed E-state index contributed by atoms with van der Waals surface area (Å²) in [5, 5.41) is 9.55. The average molecular weight is 311 g/mol. The molecule has 0 radical (unpaired) electrons. The second kappa shape index (κ2) is 7.09. The van der Waals surface area contributed by atoms with E-state index in [2.05, 4.69) is 0 Å². The van der Waals surface area contributed by atoms with Crippen LogP contribution in [0.4, 0.5) is 0 Å². The lowest BCUT2D eigenvalue weighted by molar-refractivity contribution is -0.148. The standard InChI is InChI=1S/C19H21NO3/c1-3-19(4-2,18(22)23)20-13-12-16(14-17(20)21)11-10-15-8-6-5-7-9-15/h5-14H,3-4H2,1-2H3,(H,22,23)/b11-10+. The Hall–Kier alpha value is -2.62. The van der Waals surface area contributed by atoms with Gasteiger partial charge >= 0.3 is 5.97 Å². The van der Waals surface area contributed by atoms with E-state index >= 15 is 0 Å². The zero-order valence-electron chi connectivity index (χ0n) is 13.4. The Bertz CT molecular complexity index is 756. The molecule has 2 rings (SSSR count). The Morgan fingerprint density at radius 2 is 1.70 bits per heavy atom. The molecular weight excluding hydrogens is 290 g/mol. The van der Waals surface area contributed by atoms with Gasteiger partial charge in [-0.3, -0.25) is 9.36 Å². The predicted molar refractivity (Wildman–Crippen MR) is 92.3 cm³/mol. The van der Waals surface area contributed by atoms with Gasteiger partial charge in [-0.2, -0.15) is 0 Å². The molecule has 1 aromatic carbocycles. The Labute approximate surface area is 135 Å². The monoisotopic (exact) mass is 311 g/mol. The molecule has 23 heavy (non-hydrogen) atoms. The Morgan fingerprint density at radius 1 is 1.09 bits per heavy atom. The highest BCUT2D eigenvalue weighted by molar-refractivity contribution is 5.76. The number of benzene rings is 1. The lowest BCUT2D eigenvalue weighted by atomic mass is 9.92. The van der Waals surface area contributed by atoms with E-state index in [0.29, 0.717) is 12.8 Å². The lowest BCUT2D eigenvalue weighted by Crippen LogP contribution is -2.46. The van der Waals surface area contributed by atoms with Crippen LogP contribution in [-0.2, 0) is 10.3 Å². The molecule has 0 amide bonds. The number of hydrogen-bond donors (Lipinski definition) is 1. The molecule has 120 valence electrons. The maximum atomic E-state index is 12.4. The number of carboxylic acid groups (broad SMARTS) is 1. The molecule has 0 atom stereocenters. The van der Waals surface area contributed by atoms with E-state index in [1.54, 1.807) is 26.1 Å². The number of aliphatic carboxylic acids is 1. The highest BCUT2D eigenvalue weighted by Gasteiger charge is 2.37. The molecule has 0 unspecified atom stereocenters. The smallest absolute Gasteiger partial charge is 0.329 e. The van der Waals surface area contributed by atoms with Gasteiger partial charge in [0.15, 0.2) is 0 Å². The van der Waals surface area contributed by atoms with Gasteiger partial charge in [0.25, 0.3) is 5.56 Å². The van der Waals surface area contributed by atoms with Crippen molar-refractivity contribution in [2.24, 2.45) is 0 Å². The summed E-state index contributed by atoms with van der Waals surface area (Å²) in [7, 11) is 0. The molecule has 0 bridgehead atoms. The molecule has 1 heterocycles. The number of hydrogen-bond acceptors (Lipinski definition) is 2. The highest BCUT2D eigenvalue weighted by atomic mass is 16.4. The van der Waals surface area contributed by atoms with Gasteiger partial charge in [0.2, 0.25) is 0 Å². The summed E-state index contributed by atoms with van der Waals surface area (Å²) < 4.78 is 1.33. The van der Waals surface area contributed by atoms with Crippen LogP contribution in [0, 0.1) is 0 Å². The average Bonchev–Trinajstić information content (AvgIpc) is 2.56. The van der Waals surface area contributed by atoms with Crippen molar-refractivity contribution in [3.8, 4) is 0 Å². The van der Waals surface area contributed by atoms with Crippen molar-refractivity contribution < 1.29 is 9.90 Å². The van der Waals surface area contributed by atoms with Gasteiger partial charge in [0.05, 0.1) is 0 Å². The molecule has 1 aromatic heterocycles. The Kier molecular flexibility index (Phi) is 5.16. The van der Waals surface area contributed by atoms with Crippen LogP contribution in [0.1, 0.15) is 37.8 Å². The maximum absolute atomic E-state index is 12.4. The summed E-state index contributed by atoms with van der Waals surface area (Å²) in [6.07, 6.45) is 6.06. The van der Waals surface area contributed by atoms with Gasteiger partial charge in [0, 0.05) is 12.3 Å². The van der Waals surface area contributed by atoms with Gasteiger partial charge in [-0.25, -0.2) is 4.79 Å². The number of nitrogens with zero attached hydrogens (tertiary/aromatic N) is 1. The van der Waals surface area contributed by atoms with E-state index in [-0.39, 0.29) is 5.56 Å². The molecule has 0 saturated heterocycles.